The topological polar surface area (TPSA) is 35.9 Å². The normalized spacial score (nSPS) is 16.7. The van der Waals surface area contributed by atoms with Crippen LogP contribution >= 0.6 is 11.6 Å². The molecule has 2 aromatic carbocycles. The fourth-order valence-electron chi connectivity index (χ4n) is 3.08. The predicted molar refractivity (Wildman–Crippen MR) is 103 cm³/mol. The average Bonchev–Trinajstić information content (AvgIpc) is 2.64. The lowest BCUT2D eigenvalue weighted by Crippen LogP contribution is -2.49. The second kappa shape index (κ2) is 8.56. The lowest BCUT2D eigenvalue weighted by Gasteiger charge is -2.36. The molecule has 0 saturated carbocycles. The number of hydrogen-bond donors (Lipinski definition) is 1. The van der Waals surface area contributed by atoms with Crippen LogP contribution in [0, 0.1) is 6.92 Å². The quantitative estimate of drug-likeness (QED) is 0.858. The molecule has 4 nitrogen and oxygen atoms in total. The fourth-order valence-corrected chi connectivity index (χ4v) is 3.20. The number of rotatable bonds is 6. The Balaban J connectivity index is 1.41. The van der Waals surface area contributed by atoms with E-state index in [0.29, 0.717) is 13.2 Å². The summed E-state index contributed by atoms with van der Waals surface area (Å²) in [5.41, 5.74) is 2.25. The second-order valence-electron chi connectivity index (χ2n) is 6.50. The molecule has 1 aliphatic rings. The molecule has 0 unspecified atom stereocenters. The molecular weight excluding hydrogens is 336 g/mol. The van der Waals surface area contributed by atoms with Crippen LogP contribution in [0.1, 0.15) is 5.56 Å². The summed E-state index contributed by atoms with van der Waals surface area (Å²) in [6.07, 6.45) is -0.501. The summed E-state index contributed by atoms with van der Waals surface area (Å²) >= 11 is 6.01. The van der Waals surface area contributed by atoms with Gasteiger partial charge in [-0.2, -0.15) is 0 Å². The summed E-state index contributed by atoms with van der Waals surface area (Å²) in [5, 5.41) is 11.0. The van der Waals surface area contributed by atoms with Crippen LogP contribution in [0.3, 0.4) is 0 Å². The van der Waals surface area contributed by atoms with Gasteiger partial charge in [0.2, 0.25) is 0 Å². The molecule has 25 heavy (non-hydrogen) atoms. The Kier molecular flexibility index (Phi) is 6.19. The van der Waals surface area contributed by atoms with Crippen LogP contribution in [0.4, 0.5) is 5.69 Å². The van der Waals surface area contributed by atoms with Crippen LogP contribution in [0.2, 0.25) is 5.02 Å². The average molecular weight is 361 g/mol. The van der Waals surface area contributed by atoms with E-state index in [0.717, 1.165) is 42.5 Å². The first-order chi connectivity index (χ1) is 12.1. The maximum Gasteiger partial charge on any atom is 0.119 e. The zero-order chi connectivity index (χ0) is 17.6. The van der Waals surface area contributed by atoms with Crippen molar-refractivity contribution >= 4 is 17.3 Å². The monoisotopic (exact) mass is 360 g/mol. The van der Waals surface area contributed by atoms with Crippen LogP contribution < -0.4 is 9.64 Å². The van der Waals surface area contributed by atoms with E-state index in [-0.39, 0.29) is 0 Å². The van der Waals surface area contributed by atoms with Crippen molar-refractivity contribution < 1.29 is 9.84 Å². The third kappa shape index (κ3) is 5.11. The Morgan fingerprint density at radius 3 is 2.48 bits per heavy atom. The largest absolute Gasteiger partial charge is 0.491 e. The SMILES string of the molecule is Cc1cc(OC[C@H](O)CN2CCN(c3ccccc3)CC2)ccc1Cl. The van der Waals surface area contributed by atoms with Crippen molar-refractivity contribution in [1.29, 1.82) is 0 Å². The predicted octanol–water partition coefficient (Wildman–Crippen LogP) is 3.21. The fraction of sp³-hybridized carbons (Fsp3) is 0.400. The van der Waals surface area contributed by atoms with Gasteiger partial charge >= 0.3 is 0 Å². The van der Waals surface area contributed by atoms with Crippen LogP contribution in [0.25, 0.3) is 0 Å². The van der Waals surface area contributed by atoms with Crippen molar-refractivity contribution in [1.82, 2.24) is 4.90 Å². The maximum atomic E-state index is 10.3. The van der Waals surface area contributed by atoms with Gasteiger partial charge in [-0.3, -0.25) is 4.90 Å². The van der Waals surface area contributed by atoms with Gasteiger partial charge in [0.25, 0.3) is 0 Å². The minimum atomic E-state index is -0.501. The highest BCUT2D eigenvalue weighted by atomic mass is 35.5. The van der Waals surface area contributed by atoms with Crippen molar-refractivity contribution in [2.24, 2.45) is 0 Å². The third-order valence-electron chi connectivity index (χ3n) is 4.53. The first-order valence-electron chi connectivity index (χ1n) is 8.71. The summed E-state index contributed by atoms with van der Waals surface area (Å²) < 4.78 is 5.69. The zero-order valence-electron chi connectivity index (χ0n) is 14.6. The van der Waals surface area contributed by atoms with Gasteiger partial charge in [0.1, 0.15) is 18.5 Å². The number of aliphatic hydroxyl groups is 1. The van der Waals surface area contributed by atoms with E-state index in [1.54, 1.807) is 0 Å². The second-order valence-corrected chi connectivity index (χ2v) is 6.91. The Bertz CT molecular complexity index is 673. The number of nitrogens with zero attached hydrogens (tertiary/aromatic N) is 2. The molecule has 1 N–H and O–H groups in total. The van der Waals surface area contributed by atoms with Gasteiger partial charge in [0.05, 0.1) is 0 Å². The number of para-hydroxylation sites is 1. The number of hydrogen-bond acceptors (Lipinski definition) is 4. The molecule has 1 saturated heterocycles. The van der Waals surface area contributed by atoms with E-state index in [1.165, 1.54) is 5.69 Å². The van der Waals surface area contributed by atoms with Crippen LogP contribution in [0.15, 0.2) is 48.5 Å². The Labute approximate surface area is 154 Å². The lowest BCUT2D eigenvalue weighted by molar-refractivity contribution is 0.0663. The van der Waals surface area contributed by atoms with Crippen molar-refractivity contribution in [2.45, 2.75) is 13.0 Å². The molecule has 0 spiro atoms. The zero-order valence-corrected chi connectivity index (χ0v) is 15.3. The maximum absolute atomic E-state index is 10.3. The summed E-state index contributed by atoms with van der Waals surface area (Å²) in [6.45, 7) is 6.73. The van der Waals surface area contributed by atoms with E-state index in [1.807, 2.05) is 31.2 Å². The molecule has 1 fully saturated rings. The number of piperazine rings is 1. The number of aryl methyl sites for hydroxylation is 1. The number of β-amino-alcohol motifs (C(OH)–C–C–N with tert-alkyl or cyclic N) is 1. The first-order valence-corrected chi connectivity index (χ1v) is 9.09. The molecule has 5 heteroatoms. The molecule has 0 aromatic heterocycles. The smallest absolute Gasteiger partial charge is 0.119 e. The molecule has 3 rings (SSSR count). The minimum absolute atomic E-state index is 0.292. The number of halogens is 1. The highest BCUT2D eigenvalue weighted by Gasteiger charge is 2.19. The summed E-state index contributed by atoms with van der Waals surface area (Å²) in [5.74, 6) is 0.745. The number of benzene rings is 2. The van der Waals surface area contributed by atoms with E-state index >= 15 is 0 Å². The van der Waals surface area contributed by atoms with E-state index < -0.39 is 6.10 Å². The van der Waals surface area contributed by atoms with Crippen molar-refractivity contribution in [3.63, 3.8) is 0 Å². The van der Waals surface area contributed by atoms with Gasteiger partial charge in [-0.1, -0.05) is 29.8 Å². The van der Waals surface area contributed by atoms with Gasteiger partial charge < -0.3 is 14.7 Å². The highest BCUT2D eigenvalue weighted by molar-refractivity contribution is 6.31. The highest BCUT2D eigenvalue weighted by Crippen LogP contribution is 2.21. The molecule has 134 valence electrons. The summed E-state index contributed by atoms with van der Waals surface area (Å²) in [6, 6.07) is 16.0. The molecule has 1 atom stereocenters. The minimum Gasteiger partial charge on any atom is -0.491 e. The van der Waals surface area contributed by atoms with Gasteiger partial charge in [-0.15, -0.1) is 0 Å². The molecular formula is C20H25ClN2O2. The number of aliphatic hydroxyl groups excluding tert-OH is 1. The standard InChI is InChI=1S/C20H25ClN2O2/c1-16-13-19(7-8-20(16)21)25-15-18(24)14-22-9-11-23(12-10-22)17-5-3-2-4-6-17/h2-8,13,18,24H,9-12,14-15H2,1H3/t18-/m1/s1. The van der Waals surface area contributed by atoms with Gasteiger partial charge in [0, 0.05) is 43.4 Å². The Morgan fingerprint density at radius 2 is 1.80 bits per heavy atom. The van der Waals surface area contributed by atoms with Crippen molar-refractivity contribution in [3.8, 4) is 5.75 Å². The third-order valence-corrected chi connectivity index (χ3v) is 4.96. The first kappa shape index (κ1) is 18.1. The number of ether oxygens (including phenoxy) is 1. The van der Waals surface area contributed by atoms with E-state index in [2.05, 4.69) is 34.1 Å². The summed E-state index contributed by atoms with van der Waals surface area (Å²) in [7, 11) is 0. The summed E-state index contributed by atoms with van der Waals surface area (Å²) in [4.78, 5) is 4.68. The molecule has 0 aliphatic carbocycles. The van der Waals surface area contributed by atoms with Gasteiger partial charge in [-0.25, -0.2) is 0 Å². The molecule has 2 aromatic rings. The Hall–Kier alpha value is -1.75. The van der Waals surface area contributed by atoms with Crippen molar-refractivity contribution in [2.75, 3.05) is 44.2 Å². The molecule has 0 radical (unpaired) electrons. The van der Waals surface area contributed by atoms with Crippen LogP contribution in [-0.2, 0) is 0 Å². The molecule has 0 bridgehead atoms. The molecule has 1 aliphatic heterocycles. The van der Waals surface area contributed by atoms with Gasteiger partial charge in [-0.05, 0) is 42.8 Å². The van der Waals surface area contributed by atoms with Crippen molar-refractivity contribution in [3.05, 3.63) is 59.1 Å². The Morgan fingerprint density at radius 1 is 1.08 bits per heavy atom. The van der Waals surface area contributed by atoms with Crippen LogP contribution in [0.5, 0.6) is 5.75 Å². The van der Waals surface area contributed by atoms with E-state index in [4.69, 9.17) is 16.3 Å². The van der Waals surface area contributed by atoms with Crippen LogP contribution in [-0.4, -0.2) is 55.4 Å². The number of anilines is 1. The van der Waals surface area contributed by atoms with Gasteiger partial charge in [0.15, 0.2) is 0 Å². The molecule has 0 amide bonds. The lowest BCUT2D eigenvalue weighted by atomic mass is 10.2. The molecule has 1 heterocycles. The van der Waals surface area contributed by atoms with E-state index in [9.17, 15) is 5.11 Å².